The normalized spacial score (nSPS) is 10.4. The Hall–Kier alpha value is -3.15. The third-order valence-electron chi connectivity index (χ3n) is 3.42. The molecular formula is C18H16N2O4. The molecule has 6 heteroatoms. The maximum atomic E-state index is 12.0. The summed E-state index contributed by atoms with van der Waals surface area (Å²) in [5, 5.41) is 3.82. The van der Waals surface area contributed by atoms with Crippen LogP contribution < -0.4 is 4.74 Å². The Balaban J connectivity index is 1.63. The molecule has 0 radical (unpaired) electrons. The molecule has 0 bridgehead atoms. The van der Waals surface area contributed by atoms with Gasteiger partial charge >= 0.3 is 5.97 Å². The van der Waals surface area contributed by atoms with Crippen molar-refractivity contribution < 1.29 is 18.8 Å². The quantitative estimate of drug-likeness (QED) is 0.670. The van der Waals surface area contributed by atoms with Crippen molar-refractivity contribution in [2.24, 2.45) is 0 Å². The average molecular weight is 324 g/mol. The number of esters is 1. The van der Waals surface area contributed by atoms with Gasteiger partial charge in [-0.05, 0) is 43.3 Å². The number of hydrogen-bond donors (Lipinski definition) is 0. The van der Waals surface area contributed by atoms with E-state index < -0.39 is 5.97 Å². The second-order valence-corrected chi connectivity index (χ2v) is 5.19. The maximum absolute atomic E-state index is 12.0. The van der Waals surface area contributed by atoms with E-state index in [9.17, 15) is 4.79 Å². The predicted molar refractivity (Wildman–Crippen MR) is 86.6 cm³/mol. The van der Waals surface area contributed by atoms with Crippen LogP contribution in [0.15, 0.2) is 53.1 Å². The Morgan fingerprint density at radius 2 is 1.79 bits per heavy atom. The molecule has 0 unspecified atom stereocenters. The van der Waals surface area contributed by atoms with Crippen LogP contribution in [0.25, 0.3) is 11.5 Å². The molecule has 24 heavy (non-hydrogen) atoms. The van der Waals surface area contributed by atoms with Crippen LogP contribution in [-0.2, 0) is 11.3 Å². The summed E-state index contributed by atoms with van der Waals surface area (Å²) in [5.41, 5.74) is 2.33. The summed E-state index contributed by atoms with van der Waals surface area (Å²) in [6.07, 6.45) is 0. The number of aryl methyl sites for hydroxylation is 1. The van der Waals surface area contributed by atoms with Crippen molar-refractivity contribution in [2.75, 3.05) is 7.11 Å². The van der Waals surface area contributed by atoms with E-state index in [2.05, 4.69) is 10.1 Å². The number of hydrogen-bond acceptors (Lipinski definition) is 6. The topological polar surface area (TPSA) is 74.5 Å². The lowest BCUT2D eigenvalue weighted by atomic mass is 10.1. The van der Waals surface area contributed by atoms with Gasteiger partial charge in [-0.3, -0.25) is 0 Å². The Morgan fingerprint density at radius 1 is 1.08 bits per heavy atom. The molecule has 1 aromatic heterocycles. The van der Waals surface area contributed by atoms with Crippen LogP contribution in [0.4, 0.5) is 0 Å². The van der Waals surface area contributed by atoms with Crippen molar-refractivity contribution in [2.45, 2.75) is 13.5 Å². The zero-order chi connectivity index (χ0) is 16.9. The van der Waals surface area contributed by atoms with E-state index in [-0.39, 0.29) is 6.61 Å². The molecule has 1 heterocycles. The van der Waals surface area contributed by atoms with Crippen LogP contribution in [0.3, 0.4) is 0 Å². The van der Waals surface area contributed by atoms with Gasteiger partial charge < -0.3 is 14.0 Å². The third-order valence-corrected chi connectivity index (χ3v) is 3.42. The van der Waals surface area contributed by atoms with Gasteiger partial charge in [0.2, 0.25) is 5.82 Å². The summed E-state index contributed by atoms with van der Waals surface area (Å²) in [4.78, 5) is 16.2. The number of nitrogens with zero attached hydrogens (tertiary/aromatic N) is 2. The van der Waals surface area contributed by atoms with Crippen LogP contribution in [0.1, 0.15) is 21.7 Å². The van der Waals surface area contributed by atoms with Gasteiger partial charge in [0.15, 0.2) is 6.61 Å². The molecule has 3 aromatic rings. The van der Waals surface area contributed by atoms with Crippen LogP contribution in [0.2, 0.25) is 0 Å². The maximum Gasteiger partial charge on any atom is 0.338 e. The highest BCUT2D eigenvalue weighted by Crippen LogP contribution is 2.20. The minimum absolute atomic E-state index is 0.0492. The summed E-state index contributed by atoms with van der Waals surface area (Å²) in [7, 11) is 1.60. The van der Waals surface area contributed by atoms with Gasteiger partial charge in [0.05, 0.1) is 12.7 Å². The molecule has 0 saturated heterocycles. The van der Waals surface area contributed by atoms with E-state index in [1.54, 1.807) is 31.4 Å². The first-order valence-corrected chi connectivity index (χ1v) is 7.36. The zero-order valence-corrected chi connectivity index (χ0v) is 13.4. The van der Waals surface area contributed by atoms with Crippen molar-refractivity contribution in [3.05, 3.63) is 65.5 Å². The molecule has 0 N–H and O–H groups in total. The standard InChI is InChI=1S/C18H16N2O4/c1-12-3-5-14(6-4-12)18(21)23-11-16-19-17(24-20-16)13-7-9-15(22-2)10-8-13/h3-10H,11H2,1-2H3. The molecule has 122 valence electrons. The summed E-state index contributed by atoms with van der Waals surface area (Å²) >= 11 is 0. The van der Waals surface area contributed by atoms with Gasteiger partial charge in [0.25, 0.3) is 5.89 Å². The highest BCUT2D eigenvalue weighted by atomic mass is 16.5. The summed E-state index contributed by atoms with van der Waals surface area (Å²) in [6, 6.07) is 14.4. The predicted octanol–water partition coefficient (Wildman–Crippen LogP) is 3.41. The van der Waals surface area contributed by atoms with E-state index in [0.29, 0.717) is 17.3 Å². The van der Waals surface area contributed by atoms with Crippen molar-refractivity contribution in [1.29, 1.82) is 0 Å². The molecule has 0 fully saturated rings. The van der Waals surface area contributed by atoms with E-state index in [4.69, 9.17) is 14.0 Å². The number of benzene rings is 2. The number of methoxy groups -OCH3 is 1. The highest BCUT2D eigenvalue weighted by molar-refractivity contribution is 5.89. The lowest BCUT2D eigenvalue weighted by molar-refractivity contribution is 0.0459. The van der Waals surface area contributed by atoms with E-state index in [1.165, 1.54) is 0 Å². The number of carbonyl (C=O) groups excluding carboxylic acids is 1. The lowest BCUT2D eigenvalue weighted by Crippen LogP contribution is -2.06. The molecule has 0 saturated carbocycles. The second kappa shape index (κ2) is 6.95. The van der Waals surface area contributed by atoms with E-state index in [1.807, 2.05) is 31.2 Å². The monoisotopic (exact) mass is 324 g/mol. The molecule has 0 aliphatic carbocycles. The molecular weight excluding hydrogens is 308 g/mol. The number of aromatic nitrogens is 2. The summed E-state index contributed by atoms with van der Waals surface area (Å²) in [5.74, 6) is 0.983. The smallest absolute Gasteiger partial charge is 0.338 e. The highest BCUT2D eigenvalue weighted by Gasteiger charge is 2.12. The number of rotatable bonds is 5. The molecule has 0 amide bonds. The van der Waals surface area contributed by atoms with Crippen molar-refractivity contribution in [3.63, 3.8) is 0 Å². The molecule has 3 rings (SSSR count). The van der Waals surface area contributed by atoms with Gasteiger partial charge in [-0.2, -0.15) is 4.98 Å². The SMILES string of the molecule is COc1ccc(-c2nc(COC(=O)c3ccc(C)cc3)no2)cc1. The van der Waals surface area contributed by atoms with Crippen molar-refractivity contribution in [3.8, 4) is 17.2 Å². The second-order valence-electron chi connectivity index (χ2n) is 5.19. The van der Waals surface area contributed by atoms with E-state index in [0.717, 1.165) is 16.9 Å². The largest absolute Gasteiger partial charge is 0.497 e. The first-order chi connectivity index (χ1) is 11.7. The van der Waals surface area contributed by atoms with Gasteiger partial charge in [-0.15, -0.1) is 0 Å². The Morgan fingerprint density at radius 3 is 2.46 bits per heavy atom. The van der Waals surface area contributed by atoms with Crippen molar-refractivity contribution >= 4 is 5.97 Å². The van der Waals surface area contributed by atoms with Crippen LogP contribution in [0, 0.1) is 6.92 Å². The van der Waals surface area contributed by atoms with E-state index >= 15 is 0 Å². The molecule has 0 aliphatic heterocycles. The lowest BCUT2D eigenvalue weighted by Gasteiger charge is -2.02. The van der Waals surface area contributed by atoms with Gasteiger partial charge in [0, 0.05) is 5.56 Å². The van der Waals surface area contributed by atoms with Crippen LogP contribution in [-0.4, -0.2) is 23.2 Å². The first-order valence-electron chi connectivity index (χ1n) is 7.36. The van der Waals surface area contributed by atoms with Gasteiger partial charge in [0.1, 0.15) is 5.75 Å². The van der Waals surface area contributed by atoms with Crippen LogP contribution >= 0.6 is 0 Å². The third kappa shape index (κ3) is 3.60. The van der Waals surface area contributed by atoms with Gasteiger partial charge in [-0.1, -0.05) is 22.9 Å². The minimum atomic E-state index is -0.425. The zero-order valence-electron chi connectivity index (χ0n) is 13.4. The molecule has 6 nitrogen and oxygen atoms in total. The molecule has 0 aliphatic rings. The number of ether oxygens (including phenoxy) is 2. The summed E-state index contributed by atoms with van der Waals surface area (Å²) in [6.45, 7) is 1.90. The average Bonchev–Trinajstić information content (AvgIpc) is 3.09. The fourth-order valence-electron chi connectivity index (χ4n) is 2.07. The Labute approximate surface area is 139 Å². The molecule has 0 spiro atoms. The molecule has 0 atom stereocenters. The number of carbonyl (C=O) groups is 1. The van der Waals surface area contributed by atoms with Crippen molar-refractivity contribution in [1.82, 2.24) is 10.1 Å². The Kier molecular flexibility index (Phi) is 4.56. The summed E-state index contributed by atoms with van der Waals surface area (Å²) < 4.78 is 15.5. The molecule has 2 aromatic carbocycles. The van der Waals surface area contributed by atoms with Gasteiger partial charge in [-0.25, -0.2) is 4.79 Å². The fourth-order valence-corrected chi connectivity index (χ4v) is 2.07. The van der Waals surface area contributed by atoms with Crippen LogP contribution in [0.5, 0.6) is 5.75 Å². The first kappa shape index (κ1) is 15.7. The fraction of sp³-hybridized carbons (Fsp3) is 0.167. The minimum Gasteiger partial charge on any atom is -0.497 e. The Bertz CT molecular complexity index is 823.